The van der Waals surface area contributed by atoms with Gasteiger partial charge in [-0.2, -0.15) is 0 Å². The van der Waals surface area contributed by atoms with Gasteiger partial charge in [0.25, 0.3) is 0 Å². The second kappa shape index (κ2) is 5.66. The van der Waals surface area contributed by atoms with Gasteiger partial charge in [0.2, 0.25) is 0 Å². The van der Waals surface area contributed by atoms with Crippen LogP contribution in [0, 0.1) is 0 Å². The van der Waals surface area contributed by atoms with Gasteiger partial charge in [-0.15, -0.1) is 0 Å². The molecule has 0 spiro atoms. The summed E-state index contributed by atoms with van der Waals surface area (Å²) < 4.78 is 0. The minimum absolute atomic E-state index is 0.00565. The van der Waals surface area contributed by atoms with Crippen molar-refractivity contribution >= 4 is 5.78 Å². The first kappa shape index (κ1) is 11.9. The Labute approximate surface area is 91.5 Å². The molecule has 15 heavy (non-hydrogen) atoms. The molecule has 0 aliphatic carbocycles. The van der Waals surface area contributed by atoms with Gasteiger partial charge in [-0.25, -0.2) is 0 Å². The standard InChI is InChI=1S/C13H19NO/c1-3-10(4-2)11-5-7-12(8-6-11)13(15)9-14/h5-8,10H,3-4,9,14H2,1-2H3. The quantitative estimate of drug-likeness (QED) is 0.751. The topological polar surface area (TPSA) is 43.1 Å². The van der Waals surface area contributed by atoms with Crippen LogP contribution in [0.3, 0.4) is 0 Å². The van der Waals surface area contributed by atoms with E-state index in [-0.39, 0.29) is 12.3 Å². The average Bonchev–Trinajstić information content (AvgIpc) is 2.30. The molecule has 0 saturated heterocycles. The van der Waals surface area contributed by atoms with Gasteiger partial charge < -0.3 is 5.73 Å². The summed E-state index contributed by atoms with van der Waals surface area (Å²) in [6.07, 6.45) is 2.28. The van der Waals surface area contributed by atoms with Crippen molar-refractivity contribution in [3.8, 4) is 0 Å². The zero-order valence-electron chi connectivity index (χ0n) is 9.49. The highest BCUT2D eigenvalue weighted by Gasteiger charge is 2.08. The van der Waals surface area contributed by atoms with E-state index in [1.165, 1.54) is 5.56 Å². The molecule has 0 atom stereocenters. The number of Topliss-reactive ketones (excluding diaryl/α,β-unsaturated/α-hetero) is 1. The Morgan fingerprint density at radius 2 is 1.73 bits per heavy atom. The van der Waals surface area contributed by atoms with Crippen molar-refractivity contribution in [3.05, 3.63) is 35.4 Å². The molecule has 2 heteroatoms. The molecule has 0 aliphatic heterocycles. The van der Waals surface area contributed by atoms with Crippen LogP contribution in [0.15, 0.2) is 24.3 Å². The van der Waals surface area contributed by atoms with Crippen LogP contribution in [0.5, 0.6) is 0 Å². The Kier molecular flexibility index (Phi) is 4.50. The molecule has 1 aromatic rings. The Hall–Kier alpha value is -1.15. The lowest BCUT2D eigenvalue weighted by molar-refractivity contribution is 0.100. The number of hydrogen-bond acceptors (Lipinski definition) is 2. The molecule has 0 aliphatic rings. The van der Waals surface area contributed by atoms with Crippen molar-refractivity contribution in [2.75, 3.05) is 6.54 Å². The van der Waals surface area contributed by atoms with E-state index in [0.717, 1.165) is 12.8 Å². The smallest absolute Gasteiger partial charge is 0.176 e. The minimum Gasteiger partial charge on any atom is -0.324 e. The lowest BCUT2D eigenvalue weighted by Crippen LogP contribution is -2.13. The number of hydrogen-bond donors (Lipinski definition) is 1. The maximum Gasteiger partial charge on any atom is 0.176 e. The largest absolute Gasteiger partial charge is 0.324 e. The van der Waals surface area contributed by atoms with Gasteiger partial charge in [0, 0.05) is 5.56 Å². The summed E-state index contributed by atoms with van der Waals surface area (Å²) in [6, 6.07) is 7.84. The fraction of sp³-hybridized carbons (Fsp3) is 0.462. The minimum atomic E-state index is 0.00565. The zero-order valence-corrected chi connectivity index (χ0v) is 9.49. The van der Waals surface area contributed by atoms with Crippen molar-refractivity contribution in [3.63, 3.8) is 0 Å². The van der Waals surface area contributed by atoms with Crippen molar-refractivity contribution in [1.82, 2.24) is 0 Å². The number of rotatable bonds is 5. The van der Waals surface area contributed by atoms with Crippen LogP contribution in [-0.2, 0) is 0 Å². The van der Waals surface area contributed by atoms with Crippen molar-refractivity contribution in [1.29, 1.82) is 0 Å². The van der Waals surface area contributed by atoms with Gasteiger partial charge >= 0.3 is 0 Å². The van der Waals surface area contributed by atoms with Crippen LogP contribution in [-0.4, -0.2) is 12.3 Å². The van der Waals surface area contributed by atoms with Crippen LogP contribution in [0.25, 0.3) is 0 Å². The first-order valence-electron chi connectivity index (χ1n) is 5.56. The van der Waals surface area contributed by atoms with Crippen LogP contribution in [0.4, 0.5) is 0 Å². The molecular weight excluding hydrogens is 186 g/mol. The third-order valence-corrected chi connectivity index (χ3v) is 2.88. The molecule has 0 bridgehead atoms. The zero-order chi connectivity index (χ0) is 11.3. The third-order valence-electron chi connectivity index (χ3n) is 2.88. The van der Waals surface area contributed by atoms with Gasteiger partial charge in [-0.05, 0) is 24.3 Å². The van der Waals surface area contributed by atoms with E-state index in [1.807, 2.05) is 24.3 Å². The van der Waals surface area contributed by atoms with Crippen molar-refractivity contribution in [2.24, 2.45) is 5.73 Å². The van der Waals surface area contributed by atoms with E-state index < -0.39 is 0 Å². The van der Waals surface area contributed by atoms with E-state index in [0.29, 0.717) is 11.5 Å². The van der Waals surface area contributed by atoms with E-state index >= 15 is 0 Å². The number of nitrogens with two attached hydrogens (primary N) is 1. The number of carbonyl (C=O) groups is 1. The fourth-order valence-corrected chi connectivity index (χ4v) is 1.82. The summed E-state index contributed by atoms with van der Waals surface area (Å²) in [5.74, 6) is 0.609. The van der Waals surface area contributed by atoms with Crippen LogP contribution < -0.4 is 5.73 Å². The molecule has 0 amide bonds. The molecule has 0 aromatic heterocycles. The summed E-state index contributed by atoms with van der Waals surface area (Å²) in [7, 11) is 0. The highest BCUT2D eigenvalue weighted by Crippen LogP contribution is 2.22. The van der Waals surface area contributed by atoms with Crippen molar-refractivity contribution in [2.45, 2.75) is 32.6 Å². The lowest BCUT2D eigenvalue weighted by atomic mass is 9.93. The van der Waals surface area contributed by atoms with Crippen LogP contribution >= 0.6 is 0 Å². The number of benzene rings is 1. The molecule has 0 saturated carbocycles. The van der Waals surface area contributed by atoms with Gasteiger partial charge in [0.05, 0.1) is 6.54 Å². The summed E-state index contributed by atoms with van der Waals surface area (Å²) >= 11 is 0. The average molecular weight is 205 g/mol. The highest BCUT2D eigenvalue weighted by molar-refractivity contribution is 5.97. The summed E-state index contributed by atoms with van der Waals surface area (Å²) in [4.78, 5) is 11.3. The first-order chi connectivity index (χ1) is 7.22. The van der Waals surface area contributed by atoms with Crippen molar-refractivity contribution < 1.29 is 4.79 Å². The van der Waals surface area contributed by atoms with E-state index in [1.54, 1.807) is 0 Å². The number of carbonyl (C=O) groups excluding carboxylic acids is 1. The predicted molar refractivity (Wildman–Crippen MR) is 63.1 cm³/mol. The molecular formula is C13H19NO. The lowest BCUT2D eigenvalue weighted by Gasteiger charge is -2.12. The summed E-state index contributed by atoms with van der Waals surface area (Å²) in [6.45, 7) is 4.46. The monoisotopic (exact) mass is 205 g/mol. The molecule has 2 N–H and O–H groups in total. The molecule has 82 valence electrons. The van der Waals surface area contributed by atoms with Crippen LogP contribution in [0.2, 0.25) is 0 Å². The molecule has 0 heterocycles. The third kappa shape index (κ3) is 2.90. The second-order valence-corrected chi connectivity index (χ2v) is 3.76. The normalized spacial score (nSPS) is 10.7. The predicted octanol–water partition coefficient (Wildman–Crippen LogP) is 2.73. The van der Waals surface area contributed by atoms with Gasteiger partial charge in [-0.1, -0.05) is 38.1 Å². The molecule has 1 rings (SSSR count). The molecule has 0 fully saturated rings. The molecule has 0 unspecified atom stereocenters. The Balaban J connectivity index is 2.84. The van der Waals surface area contributed by atoms with Crippen LogP contribution in [0.1, 0.15) is 48.5 Å². The van der Waals surface area contributed by atoms with Gasteiger partial charge in [-0.3, -0.25) is 4.79 Å². The Morgan fingerprint density at radius 3 is 2.13 bits per heavy atom. The fourth-order valence-electron chi connectivity index (χ4n) is 1.82. The Morgan fingerprint density at radius 1 is 1.20 bits per heavy atom. The maximum atomic E-state index is 11.3. The van der Waals surface area contributed by atoms with Gasteiger partial charge in [0.15, 0.2) is 5.78 Å². The summed E-state index contributed by atoms with van der Waals surface area (Å²) in [5, 5.41) is 0. The highest BCUT2D eigenvalue weighted by atomic mass is 16.1. The molecule has 2 nitrogen and oxygen atoms in total. The molecule has 0 radical (unpaired) electrons. The van der Waals surface area contributed by atoms with E-state index in [4.69, 9.17) is 5.73 Å². The maximum absolute atomic E-state index is 11.3. The number of ketones is 1. The first-order valence-corrected chi connectivity index (χ1v) is 5.56. The summed E-state index contributed by atoms with van der Waals surface area (Å²) in [5.41, 5.74) is 7.33. The van der Waals surface area contributed by atoms with E-state index in [2.05, 4.69) is 13.8 Å². The SMILES string of the molecule is CCC(CC)c1ccc(C(=O)CN)cc1. The Bertz CT molecular complexity index is 312. The van der Waals surface area contributed by atoms with E-state index in [9.17, 15) is 4.79 Å². The van der Waals surface area contributed by atoms with Gasteiger partial charge in [0.1, 0.15) is 0 Å². The molecule has 1 aromatic carbocycles. The second-order valence-electron chi connectivity index (χ2n) is 3.76.